The van der Waals surface area contributed by atoms with Crippen LogP contribution in [0.3, 0.4) is 0 Å². The summed E-state index contributed by atoms with van der Waals surface area (Å²) in [6, 6.07) is 0. The van der Waals surface area contributed by atoms with Crippen molar-refractivity contribution in [2.24, 2.45) is 0 Å². The van der Waals surface area contributed by atoms with Crippen molar-refractivity contribution in [1.82, 2.24) is 0 Å². The second kappa shape index (κ2) is 16.8. The maximum atomic E-state index is 7.57. The number of rotatable bonds is 0. The zero-order valence-corrected chi connectivity index (χ0v) is 7.62. The first-order chi connectivity index (χ1) is 1.41. The second-order valence-corrected chi connectivity index (χ2v) is 0.316. The molecule has 0 unspecified atom stereocenters. The second-order valence-electron chi connectivity index (χ2n) is 0.316. The van der Waals surface area contributed by atoms with Crippen LogP contribution in [0.15, 0.2) is 0 Å². The van der Waals surface area contributed by atoms with Gasteiger partial charge in [0.25, 0.3) is 0 Å². The molecule has 0 saturated heterocycles. The third-order valence-electron chi connectivity index (χ3n) is 0. The van der Waals surface area contributed by atoms with Gasteiger partial charge in [-0.05, 0) is 6.92 Å². The van der Waals surface area contributed by atoms with Gasteiger partial charge in [0.05, 0.1) is 0 Å². The van der Waals surface area contributed by atoms with E-state index in [1.54, 1.807) is 6.92 Å². The topological polar surface area (TPSA) is 20.2 Å². The molecule has 0 fully saturated rings. The van der Waals surface area contributed by atoms with Gasteiger partial charge in [0.2, 0.25) is 0 Å². The fraction of sp³-hybridized carbons (Fsp3) is 1.00. The summed E-state index contributed by atoms with van der Waals surface area (Å²) in [7, 11) is 0. The van der Waals surface area contributed by atoms with Crippen molar-refractivity contribution < 1.29 is 56.5 Å². The van der Waals surface area contributed by atoms with E-state index in [1.165, 1.54) is 0 Å². The number of hydrogen-bond donors (Lipinski definition) is 1. The van der Waals surface area contributed by atoms with Crippen LogP contribution in [0, 0.1) is 0 Å². The van der Waals surface area contributed by atoms with Gasteiger partial charge in [0.15, 0.2) is 0 Å². The van der Waals surface area contributed by atoms with Crippen LogP contribution in [0.2, 0.25) is 0 Å². The minimum Gasteiger partial charge on any atom is -0.813 e. The first kappa shape index (κ1) is 15.8. The van der Waals surface area contributed by atoms with Gasteiger partial charge >= 0.3 is 51.4 Å². The first-order valence-corrected chi connectivity index (χ1v) is 1.02. The molecule has 0 rings (SSSR count). The molecular weight excluding hydrogens is 111 g/mol. The van der Waals surface area contributed by atoms with Gasteiger partial charge in [-0.1, -0.05) is 0 Å². The molecule has 0 aliphatic heterocycles. The van der Waals surface area contributed by atoms with Crippen LogP contribution >= 0.6 is 0 Å². The molecule has 28 valence electrons. The molecular formula is C2H7KOS. The summed E-state index contributed by atoms with van der Waals surface area (Å²) in [5.41, 5.74) is 0. The minimum absolute atomic E-state index is 0. The molecule has 0 atom stereocenters. The van der Waals surface area contributed by atoms with Crippen LogP contribution in [-0.2, 0) is 13.5 Å². The van der Waals surface area contributed by atoms with E-state index in [-0.39, 0.29) is 71.5 Å². The summed E-state index contributed by atoms with van der Waals surface area (Å²) in [6.07, 6.45) is 0. The molecule has 0 saturated carbocycles. The summed E-state index contributed by atoms with van der Waals surface area (Å²) in [6.45, 7) is 1.93. The van der Waals surface area contributed by atoms with Crippen molar-refractivity contribution in [3.8, 4) is 0 Å². The van der Waals surface area contributed by atoms with E-state index in [1.807, 2.05) is 0 Å². The van der Waals surface area contributed by atoms with E-state index < -0.39 is 0 Å². The Morgan fingerprint density at radius 3 is 1.60 bits per heavy atom. The molecule has 5 heavy (non-hydrogen) atoms. The van der Waals surface area contributed by atoms with Gasteiger partial charge in [-0.3, -0.25) is 0 Å². The van der Waals surface area contributed by atoms with Gasteiger partial charge in [-0.15, -0.1) is 0 Å². The van der Waals surface area contributed by atoms with Crippen LogP contribution in [0.4, 0.5) is 0 Å². The molecule has 0 aromatic heterocycles. The monoisotopic (exact) mass is 118 g/mol. The summed E-state index contributed by atoms with van der Waals surface area (Å²) < 4.78 is 0. The van der Waals surface area contributed by atoms with Crippen LogP contribution in [0.1, 0.15) is 6.92 Å². The average molecular weight is 118 g/mol. The third kappa shape index (κ3) is 24.4. The van der Waals surface area contributed by atoms with E-state index in [0.717, 1.165) is 0 Å². The largest absolute Gasteiger partial charge is 1.00 e. The fourth-order valence-electron chi connectivity index (χ4n) is 0. The van der Waals surface area contributed by atoms with Crippen LogP contribution in [0.5, 0.6) is 0 Å². The van der Waals surface area contributed by atoms with Gasteiger partial charge in [0.1, 0.15) is 0 Å². The molecule has 0 bridgehead atoms. The van der Waals surface area contributed by atoms with Crippen molar-refractivity contribution in [2.75, 3.05) is 6.61 Å². The minimum atomic E-state index is 0. The van der Waals surface area contributed by atoms with Crippen molar-refractivity contribution in [3.05, 3.63) is 0 Å². The van der Waals surface area contributed by atoms with Gasteiger partial charge in [-0.25, -0.2) is 0 Å². The number of thiol groups is 1. The summed E-state index contributed by atoms with van der Waals surface area (Å²) in [4.78, 5) is 0. The molecule has 3 heteroatoms. The van der Waals surface area contributed by atoms with Crippen molar-refractivity contribution in [2.45, 2.75) is 6.92 Å². The molecule has 0 heterocycles. The Hall–Kier alpha value is 1.95. The van der Waals surface area contributed by atoms with Gasteiger partial charge in [-0.2, -0.15) is 0 Å². The van der Waals surface area contributed by atoms with Crippen LogP contribution in [-0.4, -0.2) is 11.7 Å². The maximum absolute atomic E-state index is 7.57. The molecule has 0 aromatic carbocycles. The molecule has 0 spiro atoms. The van der Waals surface area contributed by atoms with E-state index in [9.17, 15) is 0 Å². The smallest absolute Gasteiger partial charge is 0.813 e. The Bertz CT molecular complexity index is 9.61. The first-order valence-electron chi connectivity index (χ1n) is 1.02. The fourth-order valence-corrected chi connectivity index (χ4v) is 0. The Balaban J connectivity index is -0.0000000200. The van der Waals surface area contributed by atoms with Gasteiger partial charge in [0, 0.05) is 6.61 Å². The summed E-state index contributed by atoms with van der Waals surface area (Å²) in [5.74, 6) is 0. The standard InChI is InChI=1S/C2H6O.K.H2S/c1-2-3;;/h3H,2H2,1H3;;1H2/q;+1;/p-1. The van der Waals surface area contributed by atoms with Crippen molar-refractivity contribution in [1.29, 1.82) is 0 Å². The zero-order valence-electron chi connectivity index (χ0n) is 3.60. The molecule has 0 amide bonds. The van der Waals surface area contributed by atoms with Crippen LogP contribution in [0.25, 0.3) is 0 Å². The van der Waals surface area contributed by atoms with Crippen molar-refractivity contribution >= 4 is 13.5 Å². The quantitative estimate of drug-likeness (QED) is 0.205. The number of aliphatic hydroxyl groups is 1. The predicted octanol–water partition coefficient (Wildman–Crippen LogP) is -3.27. The van der Waals surface area contributed by atoms with Gasteiger partial charge < -0.3 is 18.6 Å². The number of aliphatic hydroxyl groups excluding tert-OH is 1. The Labute approximate surface area is 82.0 Å². The van der Waals surface area contributed by atoms with E-state index in [4.69, 9.17) is 5.11 Å². The van der Waals surface area contributed by atoms with E-state index in [2.05, 4.69) is 0 Å². The molecule has 0 aliphatic rings. The average Bonchev–Trinajstić information content (AvgIpc) is 0.918. The summed E-state index contributed by atoms with van der Waals surface area (Å²) in [5, 5.41) is 7.57. The third-order valence-corrected chi connectivity index (χ3v) is 0. The zero-order chi connectivity index (χ0) is 2.71. The Morgan fingerprint density at radius 2 is 1.60 bits per heavy atom. The van der Waals surface area contributed by atoms with Crippen LogP contribution < -0.4 is 51.4 Å². The molecule has 0 aromatic rings. The Morgan fingerprint density at radius 1 is 1.60 bits per heavy atom. The van der Waals surface area contributed by atoms with Crippen molar-refractivity contribution in [3.63, 3.8) is 0 Å². The molecule has 0 aliphatic carbocycles. The molecule has 1 nitrogen and oxygen atoms in total. The summed E-state index contributed by atoms with van der Waals surface area (Å²) >= 11 is 0. The number of hydrogen-bond acceptors (Lipinski definition) is 2. The molecule has 1 N–H and O–H groups in total. The maximum Gasteiger partial charge on any atom is 1.00 e. The van der Waals surface area contributed by atoms with E-state index >= 15 is 0 Å². The van der Waals surface area contributed by atoms with E-state index in [0.29, 0.717) is 0 Å². The normalized spacial score (nSPS) is 3.60. The predicted molar refractivity (Wildman–Crippen MR) is 21.5 cm³/mol. The SMILES string of the molecule is CCO.[K+].[SH-]. The Kier molecular flexibility index (Phi) is 52.9. The molecule has 0 radical (unpaired) electrons.